The van der Waals surface area contributed by atoms with Gasteiger partial charge in [0.25, 0.3) is 0 Å². The van der Waals surface area contributed by atoms with Gasteiger partial charge < -0.3 is 4.42 Å². The van der Waals surface area contributed by atoms with Gasteiger partial charge in [0.2, 0.25) is 21.8 Å². The van der Waals surface area contributed by atoms with E-state index in [9.17, 15) is 8.42 Å². The zero-order chi connectivity index (χ0) is 19.3. The van der Waals surface area contributed by atoms with Gasteiger partial charge in [-0.25, -0.2) is 8.42 Å². The Morgan fingerprint density at radius 3 is 2.41 bits per heavy atom. The van der Waals surface area contributed by atoms with Gasteiger partial charge in [0.1, 0.15) is 0 Å². The molecule has 0 aliphatic carbocycles. The highest BCUT2D eigenvalue weighted by Crippen LogP contribution is 2.15. The van der Waals surface area contributed by atoms with Gasteiger partial charge in [-0.05, 0) is 18.4 Å². The molecule has 0 atom stereocenters. The molecule has 8 heteroatoms. The van der Waals surface area contributed by atoms with Crippen LogP contribution in [-0.4, -0.2) is 59.8 Å². The Hall–Kier alpha value is -1.77. The summed E-state index contributed by atoms with van der Waals surface area (Å²) in [5, 5.41) is 8.12. The largest absolute Gasteiger partial charge is 0.424 e. The Balaban J connectivity index is 1.44. The minimum atomic E-state index is -3.20. The Bertz CT molecular complexity index is 812. The molecule has 0 bridgehead atoms. The second kappa shape index (κ2) is 8.95. The number of rotatable bonds is 8. The molecular weight excluding hydrogens is 364 g/mol. The summed E-state index contributed by atoms with van der Waals surface area (Å²) < 4.78 is 32.4. The highest BCUT2D eigenvalue weighted by atomic mass is 32.2. The number of aryl methyl sites for hydroxylation is 1. The van der Waals surface area contributed by atoms with E-state index in [2.05, 4.69) is 15.1 Å². The molecule has 0 spiro atoms. The van der Waals surface area contributed by atoms with E-state index in [0.29, 0.717) is 50.9 Å². The zero-order valence-corrected chi connectivity index (χ0v) is 16.9. The summed E-state index contributed by atoms with van der Waals surface area (Å²) in [5.41, 5.74) is 1.18. The molecule has 1 saturated heterocycles. The van der Waals surface area contributed by atoms with E-state index in [0.717, 1.165) is 6.42 Å². The Morgan fingerprint density at radius 2 is 1.78 bits per heavy atom. The number of aromatic nitrogens is 2. The summed E-state index contributed by atoms with van der Waals surface area (Å²) in [6.07, 6.45) is 1.43. The summed E-state index contributed by atoms with van der Waals surface area (Å²) in [7, 11) is -3.20. The van der Waals surface area contributed by atoms with Crippen LogP contribution in [0.3, 0.4) is 0 Å². The van der Waals surface area contributed by atoms with Crippen molar-refractivity contribution in [3.8, 4) is 0 Å². The van der Waals surface area contributed by atoms with Crippen LogP contribution in [0.15, 0.2) is 34.7 Å². The molecule has 7 nitrogen and oxygen atoms in total. The van der Waals surface area contributed by atoms with Gasteiger partial charge in [-0.2, -0.15) is 4.31 Å². The number of sulfonamides is 1. The minimum Gasteiger partial charge on any atom is -0.424 e. The summed E-state index contributed by atoms with van der Waals surface area (Å²) in [6, 6.07) is 10.0. The maximum absolute atomic E-state index is 12.6. The quantitative estimate of drug-likeness (QED) is 0.686. The highest BCUT2D eigenvalue weighted by Gasteiger charge is 2.27. The summed E-state index contributed by atoms with van der Waals surface area (Å²) in [6.45, 7) is 6.98. The molecular formula is C19H28N4O3S. The molecule has 1 aliphatic rings. The first-order valence-corrected chi connectivity index (χ1v) is 11.1. The molecule has 0 N–H and O–H groups in total. The average molecular weight is 393 g/mol. The van der Waals surface area contributed by atoms with E-state index in [1.54, 1.807) is 4.31 Å². The first-order chi connectivity index (χ1) is 12.9. The maximum atomic E-state index is 12.6. The Labute approximate surface area is 161 Å². The maximum Gasteiger partial charge on any atom is 0.230 e. The molecule has 0 radical (unpaired) electrons. The predicted octanol–water partition coefficient (Wildman–Crippen LogP) is 2.27. The Morgan fingerprint density at radius 1 is 1.07 bits per heavy atom. The third-order valence-corrected chi connectivity index (χ3v) is 6.73. The predicted molar refractivity (Wildman–Crippen MR) is 104 cm³/mol. The monoisotopic (exact) mass is 392 g/mol. The van der Waals surface area contributed by atoms with Crippen LogP contribution in [0.1, 0.15) is 43.5 Å². The van der Waals surface area contributed by atoms with Gasteiger partial charge in [-0.1, -0.05) is 44.2 Å². The molecule has 1 aliphatic heterocycles. The fraction of sp³-hybridized carbons (Fsp3) is 0.579. The van der Waals surface area contributed by atoms with Gasteiger partial charge in [-0.15, -0.1) is 10.2 Å². The lowest BCUT2D eigenvalue weighted by Crippen LogP contribution is -2.48. The minimum absolute atomic E-state index is 0.198. The zero-order valence-electron chi connectivity index (χ0n) is 16.0. The van der Waals surface area contributed by atoms with Crippen molar-refractivity contribution in [2.24, 2.45) is 0 Å². The van der Waals surface area contributed by atoms with Crippen LogP contribution in [0, 0.1) is 0 Å². The van der Waals surface area contributed by atoms with Crippen molar-refractivity contribution in [3.05, 3.63) is 47.7 Å². The van der Waals surface area contributed by atoms with Gasteiger partial charge in [0.05, 0.1) is 12.3 Å². The van der Waals surface area contributed by atoms with E-state index in [1.165, 1.54) is 5.56 Å². The molecule has 3 rings (SSSR count). The van der Waals surface area contributed by atoms with Crippen molar-refractivity contribution < 1.29 is 12.8 Å². The van der Waals surface area contributed by atoms with E-state index >= 15 is 0 Å². The fourth-order valence-corrected chi connectivity index (χ4v) is 4.64. The Kier molecular flexibility index (Phi) is 6.62. The first-order valence-electron chi connectivity index (χ1n) is 9.50. The number of nitrogens with zero attached hydrogens (tertiary/aromatic N) is 4. The van der Waals surface area contributed by atoms with E-state index in [4.69, 9.17) is 4.42 Å². The van der Waals surface area contributed by atoms with Crippen LogP contribution in [0.2, 0.25) is 0 Å². The van der Waals surface area contributed by atoms with Crippen molar-refractivity contribution in [3.63, 3.8) is 0 Å². The first kappa shape index (κ1) is 20.0. The molecule has 0 unspecified atom stereocenters. The standard InChI is InChI=1S/C19H28N4O3S/c1-16(2)19-21-20-18(26-19)15-22-10-12-23(13-11-22)27(24,25)14-6-9-17-7-4-3-5-8-17/h3-5,7-8,16H,6,9-15H2,1-2H3. The van der Waals surface area contributed by atoms with Crippen LogP contribution < -0.4 is 0 Å². The van der Waals surface area contributed by atoms with Gasteiger partial charge in [-0.3, -0.25) is 4.90 Å². The van der Waals surface area contributed by atoms with Gasteiger partial charge in [0.15, 0.2) is 0 Å². The molecule has 2 heterocycles. The second-order valence-corrected chi connectivity index (χ2v) is 9.36. The van der Waals surface area contributed by atoms with Gasteiger partial charge in [0, 0.05) is 32.1 Å². The van der Waals surface area contributed by atoms with E-state index < -0.39 is 10.0 Å². The third kappa shape index (κ3) is 5.60. The topological polar surface area (TPSA) is 79.5 Å². The number of piperazine rings is 1. The molecule has 2 aromatic rings. The van der Waals surface area contributed by atoms with Crippen LogP contribution >= 0.6 is 0 Å². The lowest BCUT2D eigenvalue weighted by atomic mass is 10.1. The molecule has 0 amide bonds. The second-order valence-electron chi connectivity index (χ2n) is 7.27. The van der Waals surface area contributed by atoms with Crippen LogP contribution in [0.5, 0.6) is 0 Å². The summed E-state index contributed by atoms with van der Waals surface area (Å²) >= 11 is 0. The number of hydrogen-bond donors (Lipinski definition) is 0. The molecule has 148 valence electrons. The van der Waals surface area contributed by atoms with E-state index in [1.807, 2.05) is 44.2 Å². The fourth-order valence-electron chi connectivity index (χ4n) is 3.15. The van der Waals surface area contributed by atoms with Crippen molar-refractivity contribution in [1.29, 1.82) is 0 Å². The summed E-state index contributed by atoms with van der Waals surface area (Å²) in [5.74, 6) is 1.65. The van der Waals surface area contributed by atoms with Crippen molar-refractivity contribution >= 4 is 10.0 Å². The summed E-state index contributed by atoms with van der Waals surface area (Å²) in [4.78, 5) is 2.16. The van der Waals surface area contributed by atoms with Crippen LogP contribution in [0.25, 0.3) is 0 Å². The normalized spacial score (nSPS) is 16.9. The average Bonchev–Trinajstić information content (AvgIpc) is 3.12. The van der Waals surface area contributed by atoms with Crippen molar-refractivity contribution in [2.45, 2.75) is 39.2 Å². The lowest BCUT2D eigenvalue weighted by Gasteiger charge is -2.33. The molecule has 1 aromatic heterocycles. The van der Waals surface area contributed by atoms with Crippen LogP contribution in [0.4, 0.5) is 0 Å². The smallest absolute Gasteiger partial charge is 0.230 e. The SMILES string of the molecule is CC(C)c1nnc(CN2CCN(S(=O)(=O)CCCc3ccccc3)CC2)o1. The van der Waals surface area contributed by atoms with Crippen LogP contribution in [-0.2, 0) is 23.0 Å². The third-order valence-electron chi connectivity index (χ3n) is 4.77. The molecule has 0 saturated carbocycles. The van der Waals surface area contributed by atoms with Crippen molar-refractivity contribution in [1.82, 2.24) is 19.4 Å². The molecule has 27 heavy (non-hydrogen) atoms. The van der Waals surface area contributed by atoms with Gasteiger partial charge >= 0.3 is 0 Å². The van der Waals surface area contributed by atoms with E-state index in [-0.39, 0.29) is 11.7 Å². The molecule has 1 fully saturated rings. The highest BCUT2D eigenvalue weighted by molar-refractivity contribution is 7.89. The number of benzene rings is 1. The molecule has 1 aromatic carbocycles. The van der Waals surface area contributed by atoms with Crippen molar-refractivity contribution in [2.75, 3.05) is 31.9 Å². The number of hydrogen-bond acceptors (Lipinski definition) is 6. The lowest BCUT2D eigenvalue weighted by molar-refractivity contribution is 0.167.